The average molecular weight is 1460 g/mol. The van der Waals surface area contributed by atoms with Gasteiger partial charge in [-0.05, 0) is 221 Å². The van der Waals surface area contributed by atoms with Crippen LogP contribution in [0.3, 0.4) is 0 Å². The molecule has 0 aliphatic carbocycles. The van der Waals surface area contributed by atoms with Gasteiger partial charge in [0.1, 0.15) is 0 Å². The van der Waals surface area contributed by atoms with Crippen LogP contribution in [0.25, 0.3) is 125 Å². The molecule has 0 radical (unpaired) electrons. The highest BCUT2D eigenvalue weighted by Crippen LogP contribution is 2.62. The molecule has 0 atom stereocenters. The minimum absolute atomic E-state index is 0.247. The molecule has 0 unspecified atom stereocenters. The van der Waals surface area contributed by atoms with E-state index in [0.717, 1.165) is 125 Å². The lowest BCUT2D eigenvalue weighted by atomic mass is 9.82. The van der Waals surface area contributed by atoms with Gasteiger partial charge in [0.15, 0.2) is 0 Å². The van der Waals surface area contributed by atoms with Gasteiger partial charge >= 0.3 is 35.8 Å². The Morgan fingerprint density at radius 2 is 0.304 bits per heavy atom. The van der Waals surface area contributed by atoms with Crippen molar-refractivity contribution in [3.63, 3.8) is 0 Å². The molecule has 0 aliphatic heterocycles. The quantitative estimate of drug-likeness (QED) is 0.0417. The van der Waals surface area contributed by atoms with E-state index in [1.807, 2.05) is 72.8 Å². The molecule has 0 spiro atoms. The van der Waals surface area contributed by atoms with Crippen LogP contribution in [-0.2, 0) is 28.4 Å². The van der Waals surface area contributed by atoms with Gasteiger partial charge in [-0.25, -0.2) is 28.8 Å². The van der Waals surface area contributed by atoms with Gasteiger partial charge < -0.3 is 28.4 Å². The summed E-state index contributed by atoms with van der Waals surface area (Å²) in [5.74, 6) is -2.41. The minimum atomic E-state index is -0.401. The van der Waals surface area contributed by atoms with E-state index in [9.17, 15) is 28.8 Å². The first-order valence-electron chi connectivity index (χ1n) is 33.3. The van der Waals surface area contributed by atoms with Crippen molar-refractivity contribution in [2.24, 2.45) is 0 Å². The molecule has 0 fully saturated rings. The second-order valence-electron chi connectivity index (χ2n) is 23.0. The Balaban J connectivity index is 1.16. The van der Waals surface area contributed by atoms with Crippen molar-refractivity contribution >= 4 is 104 Å². The number of hydrogen-bond acceptors (Lipinski definition) is 18. The zero-order valence-corrected chi connectivity index (χ0v) is 61.3. The molecule has 510 valence electrons. The first-order chi connectivity index (χ1) is 49.8. The first-order valence-corrected chi connectivity index (χ1v) is 38.2. The number of rotatable bonds is 24. The molecule has 13 rings (SSSR count). The van der Waals surface area contributed by atoms with Gasteiger partial charge in [0, 0.05) is 91.9 Å². The molecule has 0 amide bonds. The van der Waals surface area contributed by atoms with E-state index in [0.29, 0.717) is 33.4 Å². The Morgan fingerprint density at radius 1 is 0.186 bits per heavy atom. The summed E-state index contributed by atoms with van der Waals surface area (Å²) in [6.45, 7) is 12.2. The SMILES string of the molecule is CCOC(=O)c1ccc(-c2ccc(-c3c(-c4ccc(-c5ccc(C(=O)OCC)cc5)s4)c(-c4ccc(-c5ccc(C(=O)OCC)cc5)s4)c(-c4ccc(-c5ccc(C(=O)OCC)cc5)s4)c(-c4ccc(-c5ccc(C(=O)OCC)cc5)s4)c3-c3ccc(-c4ccc(C(=O)OCC)cc4)s3)s2)cc1. The highest BCUT2D eigenvalue weighted by atomic mass is 32.1. The zero-order valence-electron chi connectivity index (χ0n) is 56.4. The number of carbonyl (C=O) groups is 6. The summed E-state index contributed by atoms with van der Waals surface area (Å²) in [5.41, 5.74) is 13.8. The van der Waals surface area contributed by atoms with Crippen molar-refractivity contribution in [2.75, 3.05) is 39.6 Å². The number of thiophene rings is 6. The van der Waals surface area contributed by atoms with Gasteiger partial charge in [-0.2, -0.15) is 0 Å². The van der Waals surface area contributed by atoms with E-state index in [1.54, 1.807) is 182 Å². The van der Waals surface area contributed by atoms with E-state index in [2.05, 4.69) is 72.8 Å². The summed E-state index contributed by atoms with van der Waals surface area (Å²) in [6, 6.07) is 71.1. The Kier molecular flexibility index (Phi) is 21.7. The standard InChI is InChI=1S/C84H66O12S6/c1-7-91-79(85)55-25-13-49(14-26-55)61-37-43-67(97-61)73-74(68-44-38-62(98-68)50-15-27-56(28-16-50)80(86)92-8-2)76(70-46-40-64(100-70)52-19-31-58(32-20-52)82(88)94-10-4)78(72-48-42-66(102-72)54-23-35-60(36-24-54)84(90)96-12-6)77(71-47-41-65(101-71)53-21-33-59(34-22-53)83(89)95-11-5)75(73)69-45-39-63(99-69)51-17-29-57(30-18-51)81(87)93-9-3/h13-48H,7-12H2,1-6H3. The number of esters is 6. The number of hydrogen-bond donors (Lipinski definition) is 0. The van der Waals surface area contributed by atoms with Crippen LogP contribution >= 0.6 is 68.0 Å². The summed E-state index contributed by atoms with van der Waals surface area (Å²) in [6.07, 6.45) is 0. The maximum absolute atomic E-state index is 13.1. The molecule has 102 heavy (non-hydrogen) atoms. The fourth-order valence-corrected chi connectivity index (χ4v) is 18.3. The van der Waals surface area contributed by atoms with Crippen molar-refractivity contribution in [1.82, 2.24) is 0 Å². The highest BCUT2D eigenvalue weighted by molar-refractivity contribution is 7.22. The van der Waals surface area contributed by atoms with Crippen LogP contribution in [-0.4, -0.2) is 75.5 Å². The monoisotopic (exact) mass is 1460 g/mol. The molecular weight excluding hydrogens is 1390 g/mol. The molecule has 18 heteroatoms. The van der Waals surface area contributed by atoms with E-state index >= 15 is 0 Å². The maximum atomic E-state index is 13.1. The van der Waals surface area contributed by atoms with E-state index < -0.39 is 35.8 Å². The lowest BCUT2D eigenvalue weighted by molar-refractivity contribution is 0.0517. The predicted molar refractivity (Wildman–Crippen MR) is 415 cm³/mol. The van der Waals surface area contributed by atoms with Gasteiger partial charge in [0.05, 0.1) is 73.0 Å². The fourth-order valence-electron chi connectivity index (χ4n) is 11.9. The molecule has 0 saturated carbocycles. The van der Waals surface area contributed by atoms with Crippen LogP contribution in [0.1, 0.15) is 104 Å². The molecule has 13 aromatic rings. The molecule has 7 aromatic carbocycles. The van der Waals surface area contributed by atoms with Crippen molar-refractivity contribution in [3.8, 4) is 125 Å². The first kappa shape index (κ1) is 70.0. The topological polar surface area (TPSA) is 158 Å². The highest BCUT2D eigenvalue weighted by Gasteiger charge is 2.34. The van der Waals surface area contributed by atoms with Crippen LogP contribution < -0.4 is 0 Å². The number of carbonyl (C=O) groups excluding carboxylic acids is 6. The van der Waals surface area contributed by atoms with E-state index in [-0.39, 0.29) is 39.6 Å². The van der Waals surface area contributed by atoms with Gasteiger partial charge in [0.2, 0.25) is 0 Å². The van der Waals surface area contributed by atoms with E-state index in [1.165, 1.54) is 0 Å². The minimum Gasteiger partial charge on any atom is -0.462 e. The summed E-state index contributed by atoms with van der Waals surface area (Å²) in [5, 5.41) is 0. The second kappa shape index (κ2) is 31.6. The third-order valence-electron chi connectivity index (χ3n) is 16.7. The fraction of sp³-hybridized carbons (Fsp3) is 0.143. The van der Waals surface area contributed by atoms with Crippen LogP contribution in [0.15, 0.2) is 218 Å². The van der Waals surface area contributed by atoms with Crippen molar-refractivity contribution in [1.29, 1.82) is 0 Å². The average Bonchev–Trinajstić information content (AvgIpc) is 1.40. The zero-order chi connectivity index (χ0) is 71.0. The normalized spacial score (nSPS) is 11.1. The summed E-state index contributed by atoms with van der Waals surface area (Å²) >= 11 is 9.87. The molecule has 6 heterocycles. The largest absolute Gasteiger partial charge is 0.462 e. The van der Waals surface area contributed by atoms with Crippen LogP contribution in [0.5, 0.6) is 0 Å². The molecule has 12 nitrogen and oxygen atoms in total. The van der Waals surface area contributed by atoms with Crippen LogP contribution in [0.2, 0.25) is 0 Å². The Hall–Kier alpha value is -10.4. The summed E-state index contributed by atoms with van der Waals surface area (Å²) in [7, 11) is 0. The predicted octanol–water partition coefficient (Wildman–Crippen LogP) is 23.1. The Labute approximate surface area is 614 Å². The Morgan fingerprint density at radius 3 is 0.422 bits per heavy atom. The molecule has 0 N–H and O–H groups in total. The lowest BCUT2D eigenvalue weighted by Gasteiger charge is -2.25. The second-order valence-corrected chi connectivity index (χ2v) is 29.5. The molecule has 0 bridgehead atoms. The lowest BCUT2D eigenvalue weighted by Crippen LogP contribution is -2.03. The summed E-state index contributed by atoms with van der Waals surface area (Å²) in [4.78, 5) is 89.9. The van der Waals surface area contributed by atoms with Crippen LogP contribution in [0.4, 0.5) is 0 Å². The van der Waals surface area contributed by atoms with Gasteiger partial charge in [-0.3, -0.25) is 0 Å². The molecule has 0 aliphatic rings. The van der Waals surface area contributed by atoms with Crippen LogP contribution in [0, 0.1) is 0 Å². The van der Waals surface area contributed by atoms with Crippen molar-refractivity contribution < 1.29 is 57.2 Å². The van der Waals surface area contributed by atoms with E-state index in [4.69, 9.17) is 28.4 Å². The van der Waals surface area contributed by atoms with Gasteiger partial charge in [-0.15, -0.1) is 68.0 Å². The third-order valence-corrected chi connectivity index (χ3v) is 23.6. The smallest absolute Gasteiger partial charge is 0.338 e. The molecular formula is C84H66O12S6. The summed E-state index contributed by atoms with van der Waals surface area (Å²) < 4.78 is 32.5. The third kappa shape index (κ3) is 14.8. The van der Waals surface area contributed by atoms with Gasteiger partial charge in [0.25, 0.3) is 0 Å². The molecule has 6 aromatic heterocycles. The maximum Gasteiger partial charge on any atom is 0.338 e. The van der Waals surface area contributed by atoms with Gasteiger partial charge in [-0.1, -0.05) is 72.8 Å². The number of benzene rings is 7. The number of ether oxygens (including phenoxy) is 6. The van der Waals surface area contributed by atoms with Crippen molar-refractivity contribution in [3.05, 3.63) is 252 Å². The Bertz CT molecular complexity index is 4350. The molecule has 0 saturated heterocycles. The van der Waals surface area contributed by atoms with Crippen molar-refractivity contribution in [2.45, 2.75) is 41.5 Å².